The number of nitrogens with one attached hydrogen (secondary N) is 1. The molecule has 2 aromatic rings. The number of carbonyl (C=O) groups is 1. The van der Waals surface area contributed by atoms with E-state index in [1.807, 2.05) is 0 Å². The van der Waals surface area contributed by atoms with Crippen molar-refractivity contribution in [3.63, 3.8) is 0 Å². The van der Waals surface area contributed by atoms with Gasteiger partial charge in [-0.2, -0.15) is 0 Å². The van der Waals surface area contributed by atoms with Crippen molar-refractivity contribution in [2.75, 3.05) is 17.7 Å². The third kappa shape index (κ3) is 2.00. The number of aromatic nitrogens is 1. The second kappa shape index (κ2) is 4.26. The van der Waals surface area contributed by atoms with Gasteiger partial charge < -0.3 is 20.2 Å². The predicted molar refractivity (Wildman–Crippen MR) is 65.6 cm³/mol. The van der Waals surface area contributed by atoms with Crippen molar-refractivity contribution in [3.05, 3.63) is 24.6 Å². The van der Waals surface area contributed by atoms with Gasteiger partial charge in [0.05, 0.1) is 11.9 Å². The van der Waals surface area contributed by atoms with Crippen LogP contribution in [0.1, 0.15) is 0 Å². The molecule has 0 radical (unpaired) electrons. The number of oxazole rings is 1. The van der Waals surface area contributed by atoms with E-state index >= 15 is 0 Å². The van der Waals surface area contributed by atoms with Crippen LogP contribution in [-0.2, 0) is 4.79 Å². The molecule has 0 fully saturated rings. The molecule has 1 aliphatic heterocycles. The maximum atomic E-state index is 11.2. The lowest BCUT2D eigenvalue weighted by Crippen LogP contribution is -2.25. The molecule has 0 bridgehead atoms. The molecule has 0 atom stereocenters. The minimum Gasteiger partial charge on any atom is -0.482 e. The summed E-state index contributed by atoms with van der Waals surface area (Å²) in [4.78, 5) is 16.0. The highest BCUT2D eigenvalue weighted by atomic mass is 32.2. The number of benzene rings is 1. The molecule has 18 heavy (non-hydrogen) atoms. The van der Waals surface area contributed by atoms with Gasteiger partial charge in [0, 0.05) is 16.6 Å². The van der Waals surface area contributed by atoms with Crippen LogP contribution in [0, 0.1) is 0 Å². The van der Waals surface area contributed by atoms with Gasteiger partial charge in [0.15, 0.2) is 6.61 Å². The van der Waals surface area contributed by atoms with Gasteiger partial charge in [-0.25, -0.2) is 4.98 Å². The molecule has 0 aliphatic carbocycles. The number of fused-ring (bicyclic) bond motifs is 1. The maximum absolute atomic E-state index is 11.2. The van der Waals surface area contributed by atoms with Crippen LogP contribution in [0.5, 0.6) is 5.75 Å². The fraction of sp³-hybridized carbons (Fsp3) is 0.0909. The Kier molecular flexibility index (Phi) is 2.60. The molecule has 1 aliphatic rings. The average Bonchev–Trinajstić information content (AvgIpc) is 2.83. The second-order valence-corrected chi connectivity index (χ2v) is 4.62. The lowest BCUT2D eigenvalue weighted by molar-refractivity contribution is -0.118. The Morgan fingerprint density at radius 1 is 1.44 bits per heavy atom. The number of carbonyl (C=O) groups excluding carboxylic acids is 1. The Hall–Kier alpha value is -2.15. The van der Waals surface area contributed by atoms with Gasteiger partial charge in [0.2, 0.25) is 0 Å². The molecule has 0 saturated heterocycles. The Balaban J connectivity index is 1.95. The second-order valence-electron chi connectivity index (χ2n) is 3.62. The van der Waals surface area contributed by atoms with Gasteiger partial charge in [0.25, 0.3) is 11.1 Å². The van der Waals surface area contributed by atoms with Gasteiger partial charge in [-0.15, -0.1) is 0 Å². The molecule has 0 spiro atoms. The molecule has 1 aromatic carbocycles. The lowest BCUT2D eigenvalue weighted by atomic mass is 10.2. The van der Waals surface area contributed by atoms with Crippen molar-refractivity contribution in [1.82, 2.24) is 4.98 Å². The summed E-state index contributed by atoms with van der Waals surface area (Å²) in [5.74, 6) is 0.392. The van der Waals surface area contributed by atoms with Crippen LogP contribution in [0.25, 0.3) is 0 Å². The van der Waals surface area contributed by atoms with E-state index in [4.69, 9.17) is 14.9 Å². The summed E-state index contributed by atoms with van der Waals surface area (Å²) in [6.45, 7) is 0.0126. The molecule has 3 rings (SSSR count). The lowest BCUT2D eigenvalue weighted by Gasteiger charge is -2.19. The number of ether oxygens (including phenoxy) is 1. The Bertz CT molecular complexity index is 598. The van der Waals surface area contributed by atoms with Crippen LogP contribution in [-0.4, -0.2) is 17.5 Å². The van der Waals surface area contributed by atoms with Gasteiger partial charge in [0.1, 0.15) is 12.0 Å². The fourth-order valence-electron chi connectivity index (χ4n) is 1.57. The van der Waals surface area contributed by atoms with E-state index in [1.54, 1.807) is 18.3 Å². The van der Waals surface area contributed by atoms with E-state index in [1.165, 1.54) is 18.0 Å². The van der Waals surface area contributed by atoms with E-state index in [0.717, 1.165) is 4.90 Å². The van der Waals surface area contributed by atoms with Crippen LogP contribution in [0.3, 0.4) is 0 Å². The van der Waals surface area contributed by atoms with E-state index in [0.29, 0.717) is 22.3 Å². The number of amides is 1. The maximum Gasteiger partial charge on any atom is 0.262 e. The van der Waals surface area contributed by atoms with Gasteiger partial charge >= 0.3 is 0 Å². The largest absolute Gasteiger partial charge is 0.482 e. The number of nitrogen functional groups attached to an aromatic ring is 1. The molecule has 7 heteroatoms. The number of hydrogen-bond acceptors (Lipinski definition) is 6. The van der Waals surface area contributed by atoms with E-state index < -0.39 is 0 Å². The Morgan fingerprint density at radius 2 is 2.33 bits per heavy atom. The standard InChI is InChI=1S/C11H9N3O3S/c12-6-3-8-7(14-10(15)5-17-8)4-9(6)18-11-13-1-2-16-11/h1-4H,5,12H2,(H,14,15). The molecule has 2 heterocycles. The third-order valence-electron chi connectivity index (χ3n) is 2.35. The highest BCUT2D eigenvalue weighted by Crippen LogP contribution is 2.39. The summed E-state index contributed by atoms with van der Waals surface area (Å²) >= 11 is 1.29. The zero-order chi connectivity index (χ0) is 12.5. The van der Waals surface area contributed by atoms with E-state index in [-0.39, 0.29) is 12.5 Å². The zero-order valence-corrected chi connectivity index (χ0v) is 9.99. The van der Waals surface area contributed by atoms with Crippen molar-refractivity contribution in [3.8, 4) is 5.75 Å². The average molecular weight is 263 g/mol. The number of anilines is 2. The molecule has 6 nitrogen and oxygen atoms in total. The highest BCUT2D eigenvalue weighted by molar-refractivity contribution is 7.99. The van der Waals surface area contributed by atoms with Crippen LogP contribution in [0.2, 0.25) is 0 Å². The van der Waals surface area contributed by atoms with Crippen LogP contribution >= 0.6 is 11.8 Å². The van der Waals surface area contributed by atoms with Crippen molar-refractivity contribution in [2.45, 2.75) is 10.1 Å². The quantitative estimate of drug-likeness (QED) is 0.802. The molecule has 0 unspecified atom stereocenters. The summed E-state index contributed by atoms with van der Waals surface area (Å²) < 4.78 is 10.4. The summed E-state index contributed by atoms with van der Waals surface area (Å²) in [6, 6.07) is 3.43. The SMILES string of the molecule is Nc1cc2c(cc1Sc1ncco1)NC(=O)CO2. The molecule has 92 valence electrons. The van der Waals surface area contributed by atoms with Crippen molar-refractivity contribution >= 4 is 29.0 Å². The normalized spacial score (nSPS) is 13.7. The molecule has 3 N–H and O–H groups in total. The van der Waals surface area contributed by atoms with Gasteiger partial charge in [-0.1, -0.05) is 0 Å². The van der Waals surface area contributed by atoms with Crippen LogP contribution in [0.15, 0.2) is 39.1 Å². The number of hydrogen-bond donors (Lipinski definition) is 2. The van der Waals surface area contributed by atoms with Crippen molar-refractivity contribution in [2.24, 2.45) is 0 Å². The first-order chi connectivity index (χ1) is 8.72. The molecular formula is C11H9N3O3S. The Labute approximate surface area is 107 Å². The summed E-state index contributed by atoms with van der Waals surface area (Å²) in [5.41, 5.74) is 7.07. The van der Waals surface area contributed by atoms with Gasteiger partial charge in [-0.05, 0) is 17.8 Å². The smallest absolute Gasteiger partial charge is 0.262 e. The number of nitrogens with zero attached hydrogens (tertiary/aromatic N) is 1. The van der Waals surface area contributed by atoms with Gasteiger partial charge in [-0.3, -0.25) is 4.79 Å². The molecule has 1 amide bonds. The first kappa shape index (κ1) is 11.0. The number of nitrogens with two attached hydrogens (primary N) is 1. The Morgan fingerprint density at radius 3 is 3.11 bits per heavy atom. The van der Waals surface area contributed by atoms with Crippen LogP contribution in [0.4, 0.5) is 11.4 Å². The molecule has 0 saturated carbocycles. The first-order valence-electron chi connectivity index (χ1n) is 5.16. The van der Waals surface area contributed by atoms with Crippen LogP contribution < -0.4 is 15.8 Å². The third-order valence-corrected chi connectivity index (χ3v) is 3.30. The zero-order valence-electron chi connectivity index (χ0n) is 9.17. The minimum atomic E-state index is -0.181. The fourth-order valence-corrected chi connectivity index (χ4v) is 2.32. The monoisotopic (exact) mass is 263 g/mol. The van der Waals surface area contributed by atoms with E-state index in [9.17, 15) is 4.79 Å². The van der Waals surface area contributed by atoms with Crippen molar-refractivity contribution < 1.29 is 13.9 Å². The molecule has 1 aromatic heterocycles. The summed E-state index contributed by atoms with van der Waals surface area (Å²) in [5, 5.41) is 3.21. The first-order valence-corrected chi connectivity index (χ1v) is 5.97. The summed E-state index contributed by atoms with van der Waals surface area (Å²) in [7, 11) is 0. The van der Waals surface area contributed by atoms with Crippen molar-refractivity contribution in [1.29, 1.82) is 0 Å². The predicted octanol–water partition coefficient (Wildman–Crippen LogP) is 1.74. The highest BCUT2D eigenvalue weighted by Gasteiger charge is 2.18. The topological polar surface area (TPSA) is 90.4 Å². The molecular weight excluding hydrogens is 254 g/mol. The van der Waals surface area contributed by atoms with E-state index in [2.05, 4.69) is 10.3 Å². The summed E-state index contributed by atoms with van der Waals surface area (Å²) in [6.07, 6.45) is 3.05. The number of rotatable bonds is 2. The minimum absolute atomic E-state index is 0.0126.